The fourth-order valence-electron chi connectivity index (χ4n) is 2.96. The molecule has 2 rings (SSSR count). The predicted molar refractivity (Wildman–Crippen MR) is 101 cm³/mol. The molecule has 1 aliphatic rings. The first-order chi connectivity index (χ1) is 11.6. The van der Waals surface area contributed by atoms with Crippen LogP contribution in [0, 0.1) is 5.92 Å². The van der Waals surface area contributed by atoms with Crippen LogP contribution in [0.3, 0.4) is 0 Å². The van der Waals surface area contributed by atoms with Crippen molar-refractivity contribution >= 4 is 27.7 Å². The molecule has 0 bridgehead atoms. The van der Waals surface area contributed by atoms with Crippen LogP contribution in [-0.4, -0.2) is 53.1 Å². The summed E-state index contributed by atoms with van der Waals surface area (Å²) in [6.45, 7) is 7.87. The highest BCUT2D eigenvalue weighted by Crippen LogP contribution is 2.27. The SMILES string of the molecule is CN(CC1CCCN(c2cnn(C)c(=O)c2Br)C1)C(=O)OC(C)(C)C. The van der Waals surface area contributed by atoms with E-state index in [-0.39, 0.29) is 11.7 Å². The minimum Gasteiger partial charge on any atom is -0.444 e. The average Bonchev–Trinajstić information content (AvgIpc) is 2.51. The Morgan fingerprint density at radius 3 is 2.80 bits per heavy atom. The molecule has 0 N–H and O–H groups in total. The Bertz CT molecular complexity index is 683. The summed E-state index contributed by atoms with van der Waals surface area (Å²) in [7, 11) is 3.40. The molecule has 1 aliphatic heterocycles. The Balaban J connectivity index is 2.03. The number of nitrogens with zero attached hydrogens (tertiary/aromatic N) is 4. The second-order valence-electron chi connectivity index (χ2n) is 7.59. The van der Waals surface area contributed by atoms with Crippen molar-refractivity contribution in [2.45, 2.75) is 39.2 Å². The number of hydrogen-bond acceptors (Lipinski definition) is 5. The fourth-order valence-corrected chi connectivity index (χ4v) is 3.57. The van der Waals surface area contributed by atoms with Crippen molar-refractivity contribution in [3.8, 4) is 0 Å². The van der Waals surface area contributed by atoms with Gasteiger partial charge in [-0.05, 0) is 55.5 Å². The topological polar surface area (TPSA) is 67.7 Å². The average molecular weight is 415 g/mol. The van der Waals surface area contributed by atoms with E-state index in [1.807, 2.05) is 20.8 Å². The molecule has 0 aliphatic carbocycles. The maximum absolute atomic E-state index is 12.1. The highest BCUT2D eigenvalue weighted by atomic mass is 79.9. The number of anilines is 1. The monoisotopic (exact) mass is 414 g/mol. The third-order valence-corrected chi connectivity index (χ3v) is 4.90. The normalized spacial score (nSPS) is 18.2. The van der Waals surface area contributed by atoms with Gasteiger partial charge in [-0.2, -0.15) is 5.10 Å². The molecule has 0 spiro atoms. The van der Waals surface area contributed by atoms with Crippen LogP contribution >= 0.6 is 15.9 Å². The number of amides is 1. The third-order valence-electron chi connectivity index (χ3n) is 4.16. The lowest BCUT2D eigenvalue weighted by molar-refractivity contribution is 0.0269. The number of carbonyl (C=O) groups is 1. The highest BCUT2D eigenvalue weighted by Gasteiger charge is 2.26. The summed E-state index contributed by atoms with van der Waals surface area (Å²) >= 11 is 3.39. The lowest BCUT2D eigenvalue weighted by Gasteiger charge is -2.36. The second kappa shape index (κ2) is 7.76. The zero-order valence-corrected chi connectivity index (χ0v) is 17.2. The van der Waals surface area contributed by atoms with Crippen molar-refractivity contribution in [3.05, 3.63) is 21.0 Å². The summed E-state index contributed by atoms with van der Waals surface area (Å²) in [6.07, 6.45) is 3.46. The van der Waals surface area contributed by atoms with E-state index in [1.54, 1.807) is 25.2 Å². The van der Waals surface area contributed by atoms with Gasteiger partial charge in [0.15, 0.2) is 0 Å². The molecule has 2 heterocycles. The number of hydrogen-bond donors (Lipinski definition) is 0. The van der Waals surface area contributed by atoms with Gasteiger partial charge >= 0.3 is 6.09 Å². The minimum absolute atomic E-state index is 0.148. The Morgan fingerprint density at radius 2 is 2.16 bits per heavy atom. The quantitative estimate of drug-likeness (QED) is 0.760. The van der Waals surface area contributed by atoms with Crippen LogP contribution in [-0.2, 0) is 11.8 Å². The van der Waals surface area contributed by atoms with Gasteiger partial charge in [-0.1, -0.05) is 0 Å². The molecule has 1 saturated heterocycles. The van der Waals surface area contributed by atoms with Crippen molar-refractivity contribution < 1.29 is 9.53 Å². The van der Waals surface area contributed by atoms with Crippen LogP contribution in [0.2, 0.25) is 0 Å². The summed E-state index contributed by atoms with van der Waals surface area (Å²) in [5.74, 6) is 0.322. The van der Waals surface area contributed by atoms with Gasteiger partial charge in [0.2, 0.25) is 0 Å². The summed E-state index contributed by atoms with van der Waals surface area (Å²) in [5, 5.41) is 4.12. The van der Waals surface area contributed by atoms with E-state index in [2.05, 4.69) is 25.9 Å². The molecular weight excluding hydrogens is 388 g/mol. The first-order valence-electron chi connectivity index (χ1n) is 8.49. The van der Waals surface area contributed by atoms with Crippen LogP contribution in [0.15, 0.2) is 15.5 Å². The van der Waals surface area contributed by atoms with E-state index in [4.69, 9.17) is 4.74 Å². The van der Waals surface area contributed by atoms with E-state index in [0.29, 0.717) is 16.9 Å². The smallest absolute Gasteiger partial charge is 0.410 e. The van der Waals surface area contributed by atoms with Crippen LogP contribution in [0.4, 0.5) is 10.5 Å². The number of aromatic nitrogens is 2. The molecule has 0 saturated carbocycles. The zero-order valence-electron chi connectivity index (χ0n) is 15.6. The zero-order chi connectivity index (χ0) is 18.8. The summed E-state index contributed by atoms with van der Waals surface area (Å²) in [4.78, 5) is 28.0. The standard InChI is InChI=1S/C17H27BrN4O3/c1-17(2,3)25-16(24)20(4)10-12-7-6-8-22(11-12)13-9-19-21(5)15(23)14(13)18/h9,12H,6-8,10-11H2,1-5H3. The van der Waals surface area contributed by atoms with E-state index < -0.39 is 5.60 Å². The lowest BCUT2D eigenvalue weighted by Crippen LogP contribution is -2.43. The summed E-state index contributed by atoms with van der Waals surface area (Å²) < 4.78 is 7.26. The second-order valence-corrected chi connectivity index (χ2v) is 8.38. The van der Waals surface area contributed by atoms with Gasteiger partial charge in [0, 0.05) is 33.7 Å². The molecule has 7 nitrogen and oxygen atoms in total. The van der Waals surface area contributed by atoms with Crippen molar-refractivity contribution in [3.63, 3.8) is 0 Å². The predicted octanol–water partition coefficient (Wildman–Crippen LogP) is 2.63. The Kier molecular flexibility index (Phi) is 6.13. The van der Waals surface area contributed by atoms with Crippen LogP contribution < -0.4 is 10.5 Å². The van der Waals surface area contributed by atoms with Crippen LogP contribution in [0.25, 0.3) is 0 Å². The number of piperidine rings is 1. The van der Waals surface area contributed by atoms with Gasteiger partial charge in [0.25, 0.3) is 5.56 Å². The van der Waals surface area contributed by atoms with Crippen molar-refractivity contribution in [1.29, 1.82) is 0 Å². The van der Waals surface area contributed by atoms with Gasteiger partial charge in [-0.15, -0.1) is 0 Å². The third kappa shape index (κ3) is 5.20. The van der Waals surface area contributed by atoms with Crippen molar-refractivity contribution in [2.75, 3.05) is 31.6 Å². The molecule has 0 aromatic carbocycles. The van der Waals surface area contributed by atoms with Gasteiger partial charge in [-0.25, -0.2) is 9.48 Å². The van der Waals surface area contributed by atoms with Gasteiger partial charge in [0.05, 0.1) is 11.9 Å². The van der Waals surface area contributed by atoms with Crippen LogP contribution in [0.1, 0.15) is 33.6 Å². The van der Waals surface area contributed by atoms with Crippen molar-refractivity contribution in [1.82, 2.24) is 14.7 Å². The van der Waals surface area contributed by atoms with E-state index >= 15 is 0 Å². The minimum atomic E-state index is -0.495. The number of aryl methyl sites for hydroxylation is 1. The van der Waals surface area contributed by atoms with Crippen molar-refractivity contribution in [2.24, 2.45) is 13.0 Å². The maximum Gasteiger partial charge on any atom is 0.410 e. The summed E-state index contributed by atoms with van der Waals surface area (Å²) in [5.41, 5.74) is 0.170. The molecule has 1 aromatic rings. The number of ether oxygens (including phenoxy) is 1. The van der Waals surface area contributed by atoms with Gasteiger partial charge in [-0.3, -0.25) is 4.79 Å². The molecular formula is C17H27BrN4O3. The molecule has 25 heavy (non-hydrogen) atoms. The molecule has 1 atom stereocenters. The number of halogens is 1. The summed E-state index contributed by atoms with van der Waals surface area (Å²) in [6, 6.07) is 0. The molecule has 1 fully saturated rings. The van der Waals surface area contributed by atoms with E-state index in [9.17, 15) is 9.59 Å². The molecule has 140 valence electrons. The maximum atomic E-state index is 12.1. The lowest BCUT2D eigenvalue weighted by atomic mass is 9.97. The Morgan fingerprint density at radius 1 is 1.48 bits per heavy atom. The Labute approximate surface area is 157 Å². The molecule has 1 aromatic heterocycles. The van der Waals surface area contributed by atoms with E-state index in [0.717, 1.165) is 31.6 Å². The molecule has 1 amide bonds. The largest absolute Gasteiger partial charge is 0.444 e. The fraction of sp³-hybridized carbons (Fsp3) is 0.706. The van der Waals surface area contributed by atoms with E-state index in [1.165, 1.54) is 4.68 Å². The highest BCUT2D eigenvalue weighted by molar-refractivity contribution is 9.10. The Hall–Kier alpha value is -1.57. The van der Waals surface area contributed by atoms with Gasteiger partial charge in [0.1, 0.15) is 10.1 Å². The molecule has 8 heteroatoms. The first-order valence-corrected chi connectivity index (χ1v) is 9.28. The molecule has 0 radical (unpaired) electrons. The van der Waals surface area contributed by atoms with Crippen LogP contribution in [0.5, 0.6) is 0 Å². The number of rotatable bonds is 3. The van der Waals surface area contributed by atoms with Gasteiger partial charge < -0.3 is 14.5 Å². The number of carbonyl (C=O) groups excluding carboxylic acids is 1. The molecule has 1 unspecified atom stereocenters. The first kappa shape index (κ1) is 19.8.